The maximum absolute atomic E-state index is 13.8. The lowest BCUT2D eigenvalue weighted by atomic mass is 9.99. The highest BCUT2D eigenvalue weighted by Gasteiger charge is 2.35. The number of carbonyl (C=O) groups excluding carboxylic acids is 1. The van der Waals surface area contributed by atoms with Crippen LogP contribution in [0.4, 0.5) is 30.2 Å². The Balaban J connectivity index is 1.06. The summed E-state index contributed by atoms with van der Waals surface area (Å²) in [6.45, 7) is 8.11. The van der Waals surface area contributed by atoms with E-state index in [-0.39, 0.29) is 18.0 Å². The molecule has 3 saturated heterocycles. The Bertz CT molecular complexity index is 1150. The first-order valence-corrected chi connectivity index (χ1v) is 15.6. The number of likely N-dealkylation sites (tertiary alicyclic amines) is 1. The molecule has 4 heterocycles. The predicted octanol–water partition coefficient (Wildman–Crippen LogP) is 3.75. The first-order valence-electron chi connectivity index (χ1n) is 14.6. The van der Waals surface area contributed by atoms with Crippen LogP contribution in [0.2, 0.25) is 0 Å². The molecule has 0 atom stereocenters. The maximum Gasteiger partial charge on any atom is 0.418 e. The van der Waals surface area contributed by atoms with Crippen LogP contribution in [-0.4, -0.2) is 93.5 Å². The van der Waals surface area contributed by atoms with Crippen molar-refractivity contribution >= 4 is 34.7 Å². The van der Waals surface area contributed by atoms with Gasteiger partial charge in [-0.2, -0.15) is 13.2 Å². The van der Waals surface area contributed by atoms with Crippen molar-refractivity contribution in [3.8, 4) is 0 Å². The van der Waals surface area contributed by atoms with Gasteiger partial charge in [-0.25, -0.2) is 0 Å². The van der Waals surface area contributed by atoms with Gasteiger partial charge in [0.2, 0.25) is 5.91 Å². The predicted molar refractivity (Wildman–Crippen MR) is 159 cm³/mol. The molecule has 5 rings (SSSR count). The van der Waals surface area contributed by atoms with Crippen molar-refractivity contribution in [2.45, 2.75) is 30.3 Å². The van der Waals surface area contributed by atoms with Gasteiger partial charge in [-0.15, -0.1) is 11.8 Å². The summed E-state index contributed by atoms with van der Waals surface area (Å²) in [5, 5.41) is 9.61. The monoisotopic (exact) mass is 591 g/mol. The number of piperidine rings is 1. The Hall–Kier alpha value is -2.70. The minimum absolute atomic E-state index is 0.0483. The van der Waals surface area contributed by atoms with Crippen LogP contribution >= 0.6 is 11.8 Å². The molecule has 8 nitrogen and oxygen atoms in total. The van der Waals surface area contributed by atoms with Gasteiger partial charge in [0.1, 0.15) is 0 Å². The molecule has 41 heavy (non-hydrogen) atoms. The second-order valence-electron chi connectivity index (χ2n) is 10.9. The van der Waals surface area contributed by atoms with Crippen molar-refractivity contribution in [3.63, 3.8) is 0 Å². The molecule has 0 aliphatic carbocycles. The number of benzene rings is 1. The fourth-order valence-corrected chi connectivity index (χ4v) is 6.96. The number of carbonyl (C=O) groups is 1. The minimum atomic E-state index is -4.44. The molecule has 1 aromatic heterocycles. The van der Waals surface area contributed by atoms with Crippen LogP contribution < -0.4 is 25.8 Å². The van der Waals surface area contributed by atoms with Gasteiger partial charge in [-0.3, -0.25) is 9.78 Å². The normalized spacial score (nSPS) is 19.0. The number of rotatable bonds is 9. The van der Waals surface area contributed by atoms with E-state index in [9.17, 15) is 18.0 Å². The van der Waals surface area contributed by atoms with Gasteiger partial charge in [0.05, 0.1) is 17.4 Å². The standard InChI is InChI=1S/C29H40F3N7OS/c30-29(31,32)24-19-23(1-2-25(24)37-15-9-33-10-16-37)36-8-4-28(40)39-13-5-22(6-14-39)21-41-27-3-7-35-20-26(27)38-17-11-34-12-18-38/h1-3,7,19-20,22,33-34,36H,4-6,8-18,21H2. The third kappa shape index (κ3) is 7.98. The Morgan fingerprint density at radius 1 is 0.951 bits per heavy atom. The SMILES string of the molecule is O=C(CCNc1ccc(N2CCNCC2)c(C(F)(F)F)c1)N1CCC(CSc2ccncc2N2CCNCC2)CC1. The van der Waals surface area contributed by atoms with E-state index in [4.69, 9.17) is 0 Å². The molecule has 0 saturated carbocycles. The van der Waals surface area contributed by atoms with Crippen LogP contribution in [0.1, 0.15) is 24.8 Å². The van der Waals surface area contributed by atoms with Gasteiger partial charge in [0.25, 0.3) is 0 Å². The Kier molecular flexibility index (Phi) is 10.2. The van der Waals surface area contributed by atoms with Gasteiger partial charge in [-0.1, -0.05) is 0 Å². The lowest BCUT2D eigenvalue weighted by Crippen LogP contribution is -2.44. The van der Waals surface area contributed by atoms with Gasteiger partial charge in [-0.05, 0) is 43.0 Å². The van der Waals surface area contributed by atoms with Crippen LogP contribution in [0, 0.1) is 5.92 Å². The highest BCUT2D eigenvalue weighted by molar-refractivity contribution is 7.99. The summed E-state index contributed by atoms with van der Waals surface area (Å²) in [6, 6.07) is 6.49. The molecule has 0 spiro atoms. The van der Waals surface area contributed by atoms with Gasteiger partial charge >= 0.3 is 6.18 Å². The van der Waals surface area contributed by atoms with E-state index in [0.717, 1.165) is 57.9 Å². The number of nitrogens with zero attached hydrogens (tertiary/aromatic N) is 4. The molecule has 3 fully saturated rings. The second-order valence-corrected chi connectivity index (χ2v) is 11.9. The molecule has 3 aliphatic heterocycles. The highest BCUT2D eigenvalue weighted by Crippen LogP contribution is 2.38. The second kappa shape index (κ2) is 14.0. The molecule has 0 unspecified atom stereocenters. The largest absolute Gasteiger partial charge is 0.418 e. The summed E-state index contributed by atoms with van der Waals surface area (Å²) in [5.41, 5.74) is 1.17. The van der Waals surface area contributed by atoms with E-state index >= 15 is 0 Å². The summed E-state index contributed by atoms with van der Waals surface area (Å²) < 4.78 is 41.5. The van der Waals surface area contributed by atoms with Crippen molar-refractivity contribution in [3.05, 3.63) is 42.2 Å². The van der Waals surface area contributed by atoms with Crippen LogP contribution in [0.3, 0.4) is 0 Å². The summed E-state index contributed by atoms with van der Waals surface area (Å²) in [6.07, 6.45) is 1.55. The van der Waals surface area contributed by atoms with Crippen molar-refractivity contribution in [1.29, 1.82) is 0 Å². The van der Waals surface area contributed by atoms with Crippen LogP contribution in [0.5, 0.6) is 0 Å². The highest BCUT2D eigenvalue weighted by atomic mass is 32.2. The summed E-state index contributed by atoms with van der Waals surface area (Å²) >= 11 is 1.88. The molecule has 12 heteroatoms. The first-order chi connectivity index (χ1) is 19.9. The third-order valence-electron chi connectivity index (χ3n) is 8.09. The maximum atomic E-state index is 13.8. The average molecular weight is 592 g/mol. The minimum Gasteiger partial charge on any atom is -0.385 e. The molecule has 1 amide bonds. The number of amides is 1. The number of alkyl halides is 3. The third-order valence-corrected chi connectivity index (χ3v) is 9.38. The molecular weight excluding hydrogens is 551 g/mol. The number of pyridine rings is 1. The summed E-state index contributed by atoms with van der Waals surface area (Å²) in [4.78, 5) is 24.5. The smallest absolute Gasteiger partial charge is 0.385 e. The number of hydrogen-bond donors (Lipinski definition) is 3. The van der Waals surface area contributed by atoms with Crippen molar-refractivity contribution in [2.75, 3.05) is 92.9 Å². The van der Waals surface area contributed by atoms with E-state index in [2.05, 4.69) is 31.9 Å². The fourth-order valence-electron chi connectivity index (χ4n) is 5.72. The van der Waals surface area contributed by atoms with E-state index in [0.29, 0.717) is 44.3 Å². The van der Waals surface area contributed by atoms with E-state index in [1.807, 2.05) is 29.1 Å². The number of thioether (sulfide) groups is 1. The number of halogens is 3. The zero-order chi connectivity index (χ0) is 28.7. The lowest BCUT2D eigenvalue weighted by molar-refractivity contribution is -0.137. The molecular formula is C29H40F3N7OS. The molecule has 224 valence electrons. The quantitative estimate of drug-likeness (QED) is 0.381. The number of anilines is 3. The molecule has 1 aromatic carbocycles. The zero-order valence-corrected chi connectivity index (χ0v) is 24.2. The lowest BCUT2D eigenvalue weighted by Gasteiger charge is -2.33. The molecule has 2 aromatic rings. The van der Waals surface area contributed by atoms with Gasteiger partial charge in [0, 0.05) is 107 Å². The van der Waals surface area contributed by atoms with Crippen molar-refractivity contribution in [1.82, 2.24) is 20.5 Å². The van der Waals surface area contributed by atoms with Crippen LogP contribution in [0.25, 0.3) is 0 Å². The van der Waals surface area contributed by atoms with E-state index < -0.39 is 11.7 Å². The summed E-state index contributed by atoms with van der Waals surface area (Å²) in [7, 11) is 0. The van der Waals surface area contributed by atoms with Crippen LogP contribution in [-0.2, 0) is 11.0 Å². The van der Waals surface area contributed by atoms with Crippen molar-refractivity contribution < 1.29 is 18.0 Å². The van der Waals surface area contributed by atoms with Gasteiger partial charge in [0.15, 0.2) is 0 Å². The number of hydrogen-bond acceptors (Lipinski definition) is 8. The summed E-state index contributed by atoms with van der Waals surface area (Å²) in [5.74, 6) is 1.60. The van der Waals surface area contributed by atoms with E-state index in [1.54, 1.807) is 17.0 Å². The van der Waals surface area contributed by atoms with Gasteiger partial charge < -0.3 is 30.7 Å². The molecule has 0 radical (unpaired) electrons. The molecule has 3 N–H and O–H groups in total. The Labute approximate surface area is 244 Å². The van der Waals surface area contributed by atoms with E-state index in [1.165, 1.54) is 16.6 Å². The molecule has 0 bridgehead atoms. The number of aromatic nitrogens is 1. The Morgan fingerprint density at radius 3 is 2.27 bits per heavy atom. The first kappa shape index (κ1) is 29.8. The average Bonchev–Trinajstić information content (AvgIpc) is 3.01. The number of nitrogens with one attached hydrogen (secondary N) is 3. The van der Waals surface area contributed by atoms with Crippen molar-refractivity contribution in [2.24, 2.45) is 5.92 Å². The van der Waals surface area contributed by atoms with Crippen LogP contribution in [0.15, 0.2) is 41.6 Å². The number of piperazine rings is 2. The molecule has 3 aliphatic rings. The topological polar surface area (TPSA) is 75.8 Å². The zero-order valence-electron chi connectivity index (χ0n) is 23.4. The Morgan fingerprint density at radius 2 is 1.61 bits per heavy atom. The fraction of sp³-hybridized carbons (Fsp3) is 0.586.